The quantitative estimate of drug-likeness (QED) is 0.328. The fourth-order valence-electron chi connectivity index (χ4n) is 4.62. The molecular formula is C28H29FN4O2. The van der Waals surface area contributed by atoms with Crippen LogP contribution in [0.3, 0.4) is 0 Å². The van der Waals surface area contributed by atoms with Gasteiger partial charge in [0.25, 0.3) is 0 Å². The lowest BCUT2D eigenvalue weighted by molar-refractivity contribution is 0.233. The van der Waals surface area contributed by atoms with Crippen molar-refractivity contribution < 1.29 is 13.5 Å². The lowest BCUT2D eigenvalue weighted by Gasteiger charge is -2.33. The summed E-state index contributed by atoms with van der Waals surface area (Å²) in [6, 6.07) is 17.0. The van der Waals surface area contributed by atoms with Crippen molar-refractivity contribution in [2.24, 2.45) is 0 Å². The third-order valence-corrected chi connectivity index (χ3v) is 6.56. The van der Waals surface area contributed by atoms with Crippen LogP contribution in [0.25, 0.3) is 22.5 Å². The molecule has 1 saturated heterocycles. The molecule has 2 aromatic carbocycles. The minimum atomic E-state index is -0.393. The molecule has 35 heavy (non-hydrogen) atoms. The average Bonchev–Trinajstić information content (AvgIpc) is 3.51. The Kier molecular flexibility index (Phi) is 6.40. The molecule has 0 unspecified atom stereocenters. The first-order chi connectivity index (χ1) is 17.0. The third kappa shape index (κ3) is 4.85. The Bertz CT molecular complexity index is 1320. The smallest absolute Gasteiger partial charge is 0.197 e. The van der Waals surface area contributed by atoms with Crippen molar-refractivity contribution in [2.75, 3.05) is 20.2 Å². The number of aryl methyl sites for hydroxylation is 1. The number of rotatable bonds is 7. The Balaban J connectivity index is 1.37. The number of hydrogen-bond acceptors (Lipinski definition) is 5. The van der Waals surface area contributed by atoms with Crippen molar-refractivity contribution in [3.8, 4) is 28.3 Å². The molecule has 0 aliphatic carbocycles. The second-order valence-electron chi connectivity index (χ2n) is 8.92. The number of allylic oxidation sites excluding steroid dienone is 1. The van der Waals surface area contributed by atoms with Gasteiger partial charge in [0.05, 0.1) is 31.2 Å². The number of oxazole rings is 1. The van der Waals surface area contributed by atoms with Crippen LogP contribution < -0.4 is 4.74 Å². The van der Waals surface area contributed by atoms with Crippen LogP contribution in [-0.2, 0) is 6.54 Å². The van der Waals surface area contributed by atoms with Crippen LogP contribution in [0.1, 0.15) is 30.4 Å². The van der Waals surface area contributed by atoms with Gasteiger partial charge in [0.2, 0.25) is 0 Å². The van der Waals surface area contributed by atoms with Crippen molar-refractivity contribution in [2.45, 2.75) is 32.2 Å². The van der Waals surface area contributed by atoms with Gasteiger partial charge in [-0.1, -0.05) is 36.9 Å². The van der Waals surface area contributed by atoms with E-state index in [-0.39, 0.29) is 5.75 Å². The minimum absolute atomic E-state index is 0.201. The average molecular weight is 473 g/mol. The molecule has 0 spiro atoms. The van der Waals surface area contributed by atoms with Gasteiger partial charge < -0.3 is 14.1 Å². The van der Waals surface area contributed by atoms with E-state index in [0.717, 1.165) is 65.8 Å². The van der Waals surface area contributed by atoms with Gasteiger partial charge in [-0.05, 0) is 49.6 Å². The van der Waals surface area contributed by atoms with Crippen molar-refractivity contribution in [1.82, 2.24) is 19.7 Å². The molecule has 1 fully saturated rings. The van der Waals surface area contributed by atoms with Crippen LogP contribution in [0.4, 0.5) is 4.39 Å². The predicted octanol–water partition coefficient (Wildman–Crippen LogP) is 6.05. The molecule has 3 heterocycles. The second kappa shape index (κ2) is 9.78. The number of piperidine rings is 1. The standard InChI is InChI=1S/C28H29FN4O2/c1-19(32-13-11-22(12-14-32)28-30-17-20(2)35-28)18-33-26(21-7-5-4-6-8-21)16-25(31-33)23-9-10-24(29)27(15-23)34-3/h4-10,15-17,22H,1,11-14,18H2,2-3H3. The van der Waals surface area contributed by atoms with Crippen LogP contribution in [0.2, 0.25) is 0 Å². The summed E-state index contributed by atoms with van der Waals surface area (Å²) in [6.07, 6.45) is 3.74. The fourth-order valence-corrected chi connectivity index (χ4v) is 4.62. The maximum absolute atomic E-state index is 14.0. The topological polar surface area (TPSA) is 56.3 Å². The SMILES string of the molecule is C=C(Cn1nc(-c2ccc(F)c(OC)c2)cc1-c1ccccc1)N1CCC(c2ncc(C)o2)CC1. The fraction of sp³-hybridized carbons (Fsp3) is 0.286. The van der Waals surface area contributed by atoms with Crippen LogP contribution in [0.5, 0.6) is 5.75 Å². The first kappa shape index (κ1) is 22.9. The van der Waals surface area contributed by atoms with Crippen molar-refractivity contribution >= 4 is 0 Å². The molecule has 5 rings (SSSR count). The molecular weight excluding hydrogens is 443 g/mol. The van der Waals surface area contributed by atoms with E-state index in [0.29, 0.717) is 12.5 Å². The number of methoxy groups -OCH3 is 1. The number of hydrogen-bond donors (Lipinski definition) is 0. The van der Waals surface area contributed by atoms with Gasteiger partial charge in [0, 0.05) is 30.3 Å². The number of benzene rings is 2. The third-order valence-electron chi connectivity index (χ3n) is 6.56. The highest BCUT2D eigenvalue weighted by Crippen LogP contribution is 2.32. The molecule has 6 nitrogen and oxygen atoms in total. The van der Waals surface area contributed by atoms with E-state index in [9.17, 15) is 4.39 Å². The van der Waals surface area contributed by atoms with Gasteiger partial charge in [-0.3, -0.25) is 4.68 Å². The Labute approximate surface area is 204 Å². The Morgan fingerprint density at radius 1 is 1.11 bits per heavy atom. The summed E-state index contributed by atoms with van der Waals surface area (Å²) in [5.41, 5.74) is 4.61. The highest BCUT2D eigenvalue weighted by Gasteiger charge is 2.25. The van der Waals surface area contributed by atoms with E-state index in [1.165, 1.54) is 13.2 Å². The molecule has 0 atom stereocenters. The number of likely N-dealkylation sites (tertiary alicyclic amines) is 1. The summed E-state index contributed by atoms with van der Waals surface area (Å²) in [5, 5.41) is 4.89. The molecule has 7 heteroatoms. The first-order valence-electron chi connectivity index (χ1n) is 11.8. The summed E-state index contributed by atoms with van der Waals surface area (Å²) in [6.45, 7) is 8.67. The summed E-state index contributed by atoms with van der Waals surface area (Å²) < 4.78 is 26.9. The molecule has 1 aliphatic rings. The summed E-state index contributed by atoms with van der Waals surface area (Å²) in [4.78, 5) is 6.74. The zero-order valence-corrected chi connectivity index (χ0v) is 20.1. The first-order valence-corrected chi connectivity index (χ1v) is 11.8. The van der Waals surface area contributed by atoms with E-state index in [4.69, 9.17) is 14.3 Å². The lowest BCUT2D eigenvalue weighted by Crippen LogP contribution is -2.33. The Morgan fingerprint density at radius 2 is 1.89 bits per heavy atom. The molecule has 0 amide bonds. The zero-order chi connectivity index (χ0) is 24.4. The highest BCUT2D eigenvalue weighted by molar-refractivity contribution is 5.69. The molecule has 4 aromatic rings. The molecule has 2 aromatic heterocycles. The van der Waals surface area contributed by atoms with Gasteiger partial charge in [-0.2, -0.15) is 5.10 Å². The summed E-state index contributed by atoms with van der Waals surface area (Å²) in [7, 11) is 1.46. The minimum Gasteiger partial charge on any atom is -0.494 e. The zero-order valence-electron chi connectivity index (χ0n) is 20.1. The Morgan fingerprint density at radius 3 is 2.57 bits per heavy atom. The summed E-state index contributed by atoms with van der Waals surface area (Å²) in [5.74, 6) is 1.85. The number of aromatic nitrogens is 3. The van der Waals surface area contributed by atoms with E-state index < -0.39 is 5.82 Å². The van der Waals surface area contributed by atoms with Crippen molar-refractivity contribution in [3.05, 3.63) is 90.5 Å². The molecule has 180 valence electrons. The van der Waals surface area contributed by atoms with E-state index in [2.05, 4.69) is 28.6 Å². The van der Waals surface area contributed by atoms with Crippen molar-refractivity contribution in [3.63, 3.8) is 0 Å². The lowest BCUT2D eigenvalue weighted by atomic mass is 9.96. The molecule has 1 aliphatic heterocycles. The molecule has 0 N–H and O–H groups in total. The number of ether oxygens (including phenoxy) is 1. The maximum Gasteiger partial charge on any atom is 0.197 e. The van der Waals surface area contributed by atoms with Crippen LogP contribution in [0, 0.1) is 12.7 Å². The molecule has 0 bridgehead atoms. The summed E-state index contributed by atoms with van der Waals surface area (Å²) >= 11 is 0. The van der Waals surface area contributed by atoms with Gasteiger partial charge in [-0.25, -0.2) is 9.37 Å². The van der Waals surface area contributed by atoms with Gasteiger partial charge in [0.15, 0.2) is 17.5 Å². The second-order valence-corrected chi connectivity index (χ2v) is 8.92. The molecule has 0 saturated carbocycles. The maximum atomic E-state index is 14.0. The van der Waals surface area contributed by atoms with E-state index in [1.807, 2.05) is 35.9 Å². The van der Waals surface area contributed by atoms with Gasteiger partial charge in [-0.15, -0.1) is 0 Å². The van der Waals surface area contributed by atoms with E-state index >= 15 is 0 Å². The monoisotopic (exact) mass is 472 g/mol. The van der Waals surface area contributed by atoms with Gasteiger partial charge >= 0.3 is 0 Å². The van der Waals surface area contributed by atoms with Gasteiger partial charge in [0.1, 0.15) is 5.76 Å². The van der Waals surface area contributed by atoms with Crippen LogP contribution in [-0.4, -0.2) is 39.9 Å². The number of halogens is 1. The highest BCUT2D eigenvalue weighted by atomic mass is 19.1. The largest absolute Gasteiger partial charge is 0.494 e. The molecule has 0 radical (unpaired) electrons. The number of nitrogens with zero attached hydrogens (tertiary/aromatic N) is 4. The van der Waals surface area contributed by atoms with Crippen molar-refractivity contribution in [1.29, 1.82) is 0 Å². The normalized spacial score (nSPS) is 14.3. The van der Waals surface area contributed by atoms with E-state index in [1.54, 1.807) is 18.3 Å². The Hall–Kier alpha value is -3.87. The predicted molar refractivity (Wildman–Crippen MR) is 134 cm³/mol. The van der Waals surface area contributed by atoms with Crippen LogP contribution >= 0.6 is 0 Å². The van der Waals surface area contributed by atoms with Crippen LogP contribution in [0.15, 0.2) is 77.5 Å².